The van der Waals surface area contributed by atoms with Crippen molar-refractivity contribution in [2.24, 2.45) is 5.92 Å². The van der Waals surface area contributed by atoms with E-state index in [1.807, 2.05) is 71.6 Å². The monoisotopic (exact) mass is 560 g/mol. The number of ether oxygens (including phenoxy) is 5. The molecular weight excluding hydrogens is 520 g/mol. The predicted octanol–water partition coefficient (Wildman–Crippen LogP) is 5.65. The van der Waals surface area contributed by atoms with Crippen LogP contribution < -0.4 is 18.9 Å². The Kier molecular flexibility index (Phi) is 10.2. The highest BCUT2D eigenvalue weighted by atomic mass is 16.6. The minimum absolute atomic E-state index is 0.0320. The van der Waals surface area contributed by atoms with E-state index >= 15 is 0 Å². The maximum absolute atomic E-state index is 11.6. The fourth-order valence-corrected chi connectivity index (χ4v) is 5.28. The molecule has 3 heterocycles. The lowest BCUT2D eigenvalue weighted by Gasteiger charge is -2.36. The van der Waals surface area contributed by atoms with Gasteiger partial charge in [0.25, 0.3) is 0 Å². The number of para-hydroxylation sites is 1. The van der Waals surface area contributed by atoms with Crippen LogP contribution in [-0.4, -0.2) is 75.0 Å². The Bertz CT molecular complexity index is 1220. The number of cyclic esters (lactones) is 1. The highest BCUT2D eigenvalue weighted by molar-refractivity contribution is 5.69. The molecule has 6 rings (SSSR count). The van der Waals surface area contributed by atoms with Gasteiger partial charge in [0.05, 0.1) is 13.7 Å². The summed E-state index contributed by atoms with van der Waals surface area (Å²) in [5.41, 5.74) is 1.13. The number of carbonyl (C=O) groups excluding carboxylic acids is 1. The lowest BCUT2D eigenvalue weighted by Crippen LogP contribution is -2.44. The quantitative estimate of drug-likeness (QED) is 0.335. The molecule has 0 spiro atoms. The zero-order valence-corrected chi connectivity index (χ0v) is 23.8. The molecule has 0 radical (unpaired) electrons. The number of benzene rings is 3. The smallest absolute Gasteiger partial charge is 0.409 e. The van der Waals surface area contributed by atoms with E-state index < -0.39 is 0 Å². The molecular formula is C33H40N2O6. The summed E-state index contributed by atoms with van der Waals surface area (Å²) in [5, 5.41) is 0. The highest BCUT2D eigenvalue weighted by Crippen LogP contribution is 2.35. The van der Waals surface area contributed by atoms with E-state index in [1.165, 1.54) is 0 Å². The molecule has 0 aliphatic carbocycles. The number of fused-ring (bicyclic) bond motifs is 1. The van der Waals surface area contributed by atoms with Crippen molar-refractivity contribution in [2.45, 2.75) is 32.0 Å². The molecule has 8 nitrogen and oxygen atoms in total. The Morgan fingerprint density at radius 2 is 1.61 bits per heavy atom. The van der Waals surface area contributed by atoms with Crippen molar-refractivity contribution in [3.63, 3.8) is 0 Å². The molecule has 0 aromatic heterocycles. The third kappa shape index (κ3) is 8.54. The second kappa shape index (κ2) is 14.6. The molecule has 41 heavy (non-hydrogen) atoms. The van der Waals surface area contributed by atoms with Crippen molar-refractivity contribution in [3.8, 4) is 23.0 Å². The molecule has 3 aromatic carbocycles. The van der Waals surface area contributed by atoms with Crippen LogP contribution in [0.1, 0.15) is 24.8 Å². The molecule has 0 N–H and O–H groups in total. The van der Waals surface area contributed by atoms with E-state index in [-0.39, 0.29) is 12.2 Å². The molecule has 3 aliphatic heterocycles. The number of hydrogen-bond acceptors (Lipinski definition) is 7. The minimum atomic E-state index is -0.156. The lowest BCUT2D eigenvalue weighted by molar-refractivity contribution is 0.0465. The minimum Gasteiger partial charge on any atom is -0.497 e. The van der Waals surface area contributed by atoms with E-state index in [2.05, 4.69) is 17.0 Å². The van der Waals surface area contributed by atoms with Gasteiger partial charge < -0.3 is 28.6 Å². The Balaban J connectivity index is 0.000000365. The molecule has 2 fully saturated rings. The first-order chi connectivity index (χ1) is 20.2. The predicted molar refractivity (Wildman–Crippen MR) is 157 cm³/mol. The normalized spacial score (nSPS) is 18.7. The average Bonchev–Trinajstić information content (AvgIpc) is 3.45. The molecule has 1 amide bonds. The SMILES string of the molecule is COc1ccccc1.O=C1OCCN1CCC1CCN(C[C@H]2COc3cc(OCc4ccccc4)ccc3O2)CC1. The number of likely N-dealkylation sites (tertiary alicyclic amines) is 1. The molecule has 0 saturated carbocycles. The van der Waals surface area contributed by atoms with Crippen molar-refractivity contribution >= 4 is 6.09 Å². The second-order valence-corrected chi connectivity index (χ2v) is 10.6. The fourth-order valence-electron chi connectivity index (χ4n) is 5.28. The Morgan fingerprint density at radius 1 is 0.854 bits per heavy atom. The lowest BCUT2D eigenvalue weighted by atomic mass is 9.93. The van der Waals surface area contributed by atoms with E-state index in [1.54, 1.807) is 7.11 Å². The number of amides is 1. The first-order valence-corrected chi connectivity index (χ1v) is 14.5. The maximum atomic E-state index is 11.6. The number of hydrogen-bond donors (Lipinski definition) is 0. The van der Waals surface area contributed by atoms with Crippen LogP contribution in [0.5, 0.6) is 23.0 Å². The van der Waals surface area contributed by atoms with Gasteiger partial charge >= 0.3 is 6.09 Å². The third-order valence-corrected chi connectivity index (χ3v) is 7.68. The van der Waals surface area contributed by atoms with E-state index in [0.29, 0.717) is 25.7 Å². The van der Waals surface area contributed by atoms with Gasteiger partial charge in [0.2, 0.25) is 0 Å². The first kappa shape index (κ1) is 28.6. The molecule has 3 aliphatic rings. The van der Waals surface area contributed by atoms with E-state index in [9.17, 15) is 4.79 Å². The third-order valence-electron chi connectivity index (χ3n) is 7.68. The molecule has 2 saturated heterocycles. The summed E-state index contributed by atoms with van der Waals surface area (Å²) in [6.45, 7) is 6.16. The van der Waals surface area contributed by atoms with Gasteiger partial charge in [0.1, 0.15) is 37.4 Å². The summed E-state index contributed by atoms with van der Waals surface area (Å²) in [6.07, 6.45) is 3.26. The number of carbonyl (C=O) groups is 1. The summed E-state index contributed by atoms with van der Waals surface area (Å²) in [5.74, 6) is 3.89. The van der Waals surface area contributed by atoms with Gasteiger partial charge in [0.15, 0.2) is 11.5 Å². The van der Waals surface area contributed by atoms with Crippen LogP contribution >= 0.6 is 0 Å². The molecule has 3 aromatic rings. The largest absolute Gasteiger partial charge is 0.497 e. The van der Waals surface area contributed by atoms with Gasteiger partial charge in [0, 0.05) is 19.2 Å². The maximum Gasteiger partial charge on any atom is 0.409 e. The van der Waals surface area contributed by atoms with E-state index in [0.717, 1.165) is 80.5 Å². The molecule has 8 heteroatoms. The summed E-state index contributed by atoms with van der Waals surface area (Å²) < 4.78 is 28.1. The highest BCUT2D eigenvalue weighted by Gasteiger charge is 2.28. The molecule has 0 unspecified atom stereocenters. The van der Waals surface area contributed by atoms with Crippen LogP contribution in [0, 0.1) is 5.92 Å². The fraction of sp³-hybridized carbons (Fsp3) is 0.424. The zero-order valence-electron chi connectivity index (χ0n) is 23.8. The van der Waals surface area contributed by atoms with Gasteiger partial charge in [-0.3, -0.25) is 4.90 Å². The topological polar surface area (TPSA) is 69.7 Å². The van der Waals surface area contributed by atoms with Crippen LogP contribution in [0.2, 0.25) is 0 Å². The van der Waals surface area contributed by atoms with Gasteiger partial charge in [-0.05, 0) is 68.1 Å². The molecule has 218 valence electrons. The standard InChI is InChI=1S/C26H32N2O5.C7H8O/c29-26-28(14-15-30-26)13-10-20-8-11-27(12-9-20)17-23-19-32-25-16-22(6-7-24(25)33-23)31-18-21-4-2-1-3-5-21;1-8-7-5-3-2-4-6-7/h1-7,16,20,23H,8-15,17-19H2;2-6H,1H3/t23-;/m0./s1. The summed E-state index contributed by atoms with van der Waals surface area (Å²) in [7, 11) is 1.66. The Labute approximate surface area is 242 Å². The van der Waals surface area contributed by atoms with Crippen molar-refractivity contribution in [1.29, 1.82) is 0 Å². The van der Waals surface area contributed by atoms with Crippen molar-refractivity contribution in [3.05, 3.63) is 84.4 Å². The van der Waals surface area contributed by atoms with Crippen molar-refractivity contribution in [1.82, 2.24) is 9.80 Å². The molecule has 0 bridgehead atoms. The van der Waals surface area contributed by atoms with Crippen molar-refractivity contribution in [2.75, 3.05) is 53.0 Å². The van der Waals surface area contributed by atoms with Crippen LogP contribution in [0.15, 0.2) is 78.9 Å². The first-order valence-electron chi connectivity index (χ1n) is 14.5. The van der Waals surface area contributed by atoms with Gasteiger partial charge in [-0.1, -0.05) is 48.5 Å². The Hall–Kier alpha value is -3.91. The van der Waals surface area contributed by atoms with Gasteiger partial charge in [-0.15, -0.1) is 0 Å². The van der Waals surface area contributed by atoms with Crippen LogP contribution in [0.3, 0.4) is 0 Å². The number of methoxy groups -OCH3 is 1. The van der Waals surface area contributed by atoms with Crippen molar-refractivity contribution < 1.29 is 28.5 Å². The Morgan fingerprint density at radius 3 is 2.29 bits per heavy atom. The van der Waals surface area contributed by atoms with Gasteiger partial charge in [-0.25, -0.2) is 4.79 Å². The number of rotatable bonds is 9. The second-order valence-electron chi connectivity index (χ2n) is 10.6. The van der Waals surface area contributed by atoms with Crippen LogP contribution in [0.25, 0.3) is 0 Å². The van der Waals surface area contributed by atoms with E-state index in [4.69, 9.17) is 23.7 Å². The van der Waals surface area contributed by atoms with Crippen LogP contribution in [0.4, 0.5) is 4.79 Å². The summed E-state index contributed by atoms with van der Waals surface area (Å²) in [6, 6.07) is 25.6. The number of nitrogens with zero attached hydrogens (tertiary/aromatic N) is 2. The van der Waals surface area contributed by atoms with Gasteiger partial charge in [-0.2, -0.15) is 0 Å². The zero-order chi connectivity index (χ0) is 28.3. The average molecular weight is 561 g/mol. The summed E-state index contributed by atoms with van der Waals surface area (Å²) >= 11 is 0. The summed E-state index contributed by atoms with van der Waals surface area (Å²) in [4.78, 5) is 15.9. The number of piperidine rings is 1. The van der Waals surface area contributed by atoms with Crippen LogP contribution in [-0.2, 0) is 11.3 Å². The molecule has 1 atom stereocenters.